The number of nitrogens with one attached hydrogen (secondary N) is 1. The molecule has 3 aromatic rings. The Morgan fingerprint density at radius 3 is 2.58 bits per heavy atom. The zero-order valence-corrected chi connectivity index (χ0v) is 17.5. The van der Waals surface area contributed by atoms with Gasteiger partial charge in [-0.1, -0.05) is 12.1 Å². The molecule has 1 saturated heterocycles. The van der Waals surface area contributed by atoms with Crippen molar-refractivity contribution in [3.05, 3.63) is 81.6 Å². The topological polar surface area (TPSA) is 132 Å². The van der Waals surface area contributed by atoms with Crippen molar-refractivity contribution < 1.29 is 28.5 Å². The molecule has 2 aromatic carbocycles. The molecule has 1 fully saturated rings. The first kappa shape index (κ1) is 21.5. The molecule has 1 N–H and O–H groups in total. The molecule has 1 aliphatic rings. The first-order valence-electron chi connectivity index (χ1n) is 9.69. The Kier molecular flexibility index (Phi) is 5.49. The van der Waals surface area contributed by atoms with Crippen molar-refractivity contribution in [2.24, 2.45) is 0 Å². The van der Waals surface area contributed by atoms with Crippen LogP contribution in [0.5, 0.6) is 5.75 Å². The zero-order valence-electron chi connectivity index (χ0n) is 17.5. The molecule has 0 saturated carbocycles. The maximum absolute atomic E-state index is 13.0. The van der Waals surface area contributed by atoms with E-state index in [0.29, 0.717) is 17.0 Å². The lowest BCUT2D eigenvalue weighted by molar-refractivity contribution is -0.384. The summed E-state index contributed by atoms with van der Waals surface area (Å²) in [5.74, 6) is -0.938. The van der Waals surface area contributed by atoms with Crippen LogP contribution in [0, 0.1) is 17.0 Å². The van der Waals surface area contributed by atoms with E-state index in [-0.39, 0.29) is 22.8 Å². The Hall–Kier alpha value is -4.73. The molecule has 166 valence electrons. The highest BCUT2D eigenvalue weighted by Gasteiger charge is 2.37. The maximum atomic E-state index is 13.0. The van der Waals surface area contributed by atoms with E-state index in [1.54, 1.807) is 24.3 Å². The molecule has 10 heteroatoms. The number of carbonyl (C=O) groups excluding carboxylic acids is 3. The molecule has 4 amide bonds. The average molecular weight is 447 g/mol. The van der Waals surface area contributed by atoms with Gasteiger partial charge in [0.25, 0.3) is 17.5 Å². The predicted octanol–water partition coefficient (Wildman–Crippen LogP) is 3.84. The van der Waals surface area contributed by atoms with Crippen LogP contribution in [0.4, 0.5) is 16.2 Å². The molecule has 0 aliphatic carbocycles. The van der Waals surface area contributed by atoms with Gasteiger partial charge in [-0.05, 0) is 48.9 Å². The van der Waals surface area contributed by atoms with Crippen LogP contribution < -0.4 is 15.0 Å². The monoisotopic (exact) mass is 447 g/mol. The molecule has 33 heavy (non-hydrogen) atoms. The van der Waals surface area contributed by atoms with Crippen LogP contribution in [-0.2, 0) is 9.59 Å². The number of amides is 4. The number of anilines is 1. The molecule has 2 heterocycles. The number of rotatable bonds is 5. The minimum Gasteiger partial charge on any atom is -0.496 e. The zero-order chi connectivity index (χ0) is 23.7. The van der Waals surface area contributed by atoms with Crippen LogP contribution >= 0.6 is 0 Å². The molecule has 1 aromatic heterocycles. The fourth-order valence-corrected chi connectivity index (χ4v) is 3.37. The summed E-state index contributed by atoms with van der Waals surface area (Å²) in [6.07, 6.45) is 1.23. The number of non-ortho nitro benzene ring substituents is 1. The van der Waals surface area contributed by atoms with Crippen molar-refractivity contribution in [3.63, 3.8) is 0 Å². The Labute approximate surface area is 187 Å². The number of nitro benzene ring substituents is 1. The van der Waals surface area contributed by atoms with Crippen molar-refractivity contribution in [3.8, 4) is 17.1 Å². The third kappa shape index (κ3) is 4.09. The van der Waals surface area contributed by atoms with Crippen LogP contribution in [0.3, 0.4) is 0 Å². The number of imide groups is 2. The Bertz CT molecular complexity index is 1340. The summed E-state index contributed by atoms with van der Waals surface area (Å²) < 4.78 is 11.0. The number of carbonyl (C=O) groups is 3. The standard InChI is InChI=1S/C23H17N3O7/c1-13-4-3-5-14(10-13)25-22(28)18(21(27)24-23(25)29)12-16-7-9-19(33-16)17-8-6-15(26(30)31)11-20(17)32-2/h3-12H,1-2H3,(H,24,27,29)/b18-12+. The number of ether oxygens (including phenoxy) is 1. The van der Waals surface area contributed by atoms with E-state index in [0.717, 1.165) is 10.5 Å². The predicted molar refractivity (Wildman–Crippen MR) is 118 cm³/mol. The van der Waals surface area contributed by atoms with Crippen LogP contribution in [0.1, 0.15) is 11.3 Å². The molecule has 1 aliphatic heterocycles. The van der Waals surface area contributed by atoms with Gasteiger partial charge in [0, 0.05) is 6.07 Å². The van der Waals surface area contributed by atoms with Gasteiger partial charge < -0.3 is 9.15 Å². The minimum atomic E-state index is -0.847. The molecule has 0 unspecified atom stereocenters. The number of nitro groups is 1. The maximum Gasteiger partial charge on any atom is 0.335 e. The van der Waals surface area contributed by atoms with Crippen molar-refractivity contribution in [2.75, 3.05) is 12.0 Å². The molecule has 10 nitrogen and oxygen atoms in total. The number of aryl methyl sites for hydroxylation is 1. The normalized spacial score (nSPS) is 15.0. The van der Waals surface area contributed by atoms with Gasteiger partial charge in [0.1, 0.15) is 22.8 Å². The van der Waals surface area contributed by atoms with E-state index in [1.165, 1.54) is 37.5 Å². The van der Waals surface area contributed by atoms with E-state index in [1.807, 2.05) is 13.0 Å². The Balaban J connectivity index is 1.68. The average Bonchev–Trinajstić information content (AvgIpc) is 3.24. The van der Waals surface area contributed by atoms with E-state index in [9.17, 15) is 24.5 Å². The van der Waals surface area contributed by atoms with E-state index in [4.69, 9.17) is 9.15 Å². The van der Waals surface area contributed by atoms with E-state index in [2.05, 4.69) is 5.32 Å². The molecular weight excluding hydrogens is 430 g/mol. The third-order valence-electron chi connectivity index (χ3n) is 4.94. The Morgan fingerprint density at radius 2 is 1.88 bits per heavy atom. The lowest BCUT2D eigenvalue weighted by Crippen LogP contribution is -2.54. The highest BCUT2D eigenvalue weighted by Crippen LogP contribution is 2.35. The van der Waals surface area contributed by atoms with Crippen LogP contribution in [0.2, 0.25) is 0 Å². The SMILES string of the molecule is COc1cc([N+](=O)[O-])ccc1-c1ccc(/C=C2\C(=O)NC(=O)N(c3cccc(C)c3)C2=O)o1. The van der Waals surface area contributed by atoms with Gasteiger partial charge in [0.15, 0.2) is 0 Å². The van der Waals surface area contributed by atoms with E-state index >= 15 is 0 Å². The van der Waals surface area contributed by atoms with Crippen molar-refractivity contribution in [1.82, 2.24) is 5.32 Å². The highest BCUT2D eigenvalue weighted by atomic mass is 16.6. The van der Waals surface area contributed by atoms with Crippen molar-refractivity contribution in [2.45, 2.75) is 6.92 Å². The summed E-state index contributed by atoms with van der Waals surface area (Å²) in [4.78, 5) is 49.0. The first-order chi connectivity index (χ1) is 15.8. The van der Waals surface area contributed by atoms with Gasteiger partial charge in [-0.2, -0.15) is 0 Å². The van der Waals surface area contributed by atoms with Gasteiger partial charge in [0.2, 0.25) is 0 Å². The molecule has 4 rings (SSSR count). The molecule has 0 spiro atoms. The smallest absolute Gasteiger partial charge is 0.335 e. The second-order valence-corrected chi connectivity index (χ2v) is 7.14. The number of methoxy groups -OCH3 is 1. The van der Waals surface area contributed by atoms with Crippen molar-refractivity contribution in [1.29, 1.82) is 0 Å². The Morgan fingerprint density at radius 1 is 1.09 bits per heavy atom. The minimum absolute atomic E-state index is 0.144. The second-order valence-electron chi connectivity index (χ2n) is 7.14. The quantitative estimate of drug-likeness (QED) is 0.272. The van der Waals surface area contributed by atoms with Gasteiger partial charge in [-0.25, -0.2) is 9.69 Å². The lowest BCUT2D eigenvalue weighted by atomic mass is 10.1. The summed E-state index contributed by atoms with van der Waals surface area (Å²) in [6, 6.07) is 13.0. The fourth-order valence-electron chi connectivity index (χ4n) is 3.37. The van der Waals surface area contributed by atoms with Crippen molar-refractivity contribution >= 4 is 35.3 Å². The van der Waals surface area contributed by atoms with Crippen LogP contribution in [0.15, 0.2) is 64.6 Å². The van der Waals surface area contributed by atoms with Crippen LogP contribution in [-0.4, -0.2) is 29.9 Å². The summed E-state index contributed by atoms with van der Waals surface area (Å²) >= 11 is 0. The first-order valence-corrected chi connectivity index (χ1v) is 9.69. The molecular formula is C23H17N3O7. The largest absolute Gasteiger partial charge is 0.496 e. The fraction of sp³-hybridized carbons (Fsp3) is 0.0870. The molecule has 0 radical (unpaired) electrons. The third-order valence-corrected chi connectivity index (χ3v) is 4.94. The number of benzene rings is 2. The van der Waals surface area contributed by atoms with Gasteiger partial charge in [-0.3, -0.25) is 25.0 Å². The number of hydrogen-bond acceptors (Lipinski definition) is 7. The lowest BCUT2D eigenvalue weighted by Gasteiger charge is -2.26. The van der Waals surface area contributed by atoms with Gasteiger partial charge in [-0.15, -0.1) is 0 Å². The molecule has 0 bridgehead atoms. The van der Waals surface area contributed by atoms with Gasteiger partial charge >= 0.3 is 6.03 Å². The summed E-state index contributed by atoms with van der Waals surface area (Å²) in [5.41, 5.74) is 1.18. The summed E-state index contributed by atoms with van der Waals surface area (Å²) in [7, 11) is 1.37. The molecule has 0 atom stereocenters. The number of barbiturate groups is 1. The number of hydrogen-bond donors (Lipinski definition) is 1. The van der Waals surface area contributed by atoms with Crippen LogP contribution in [0.25, 0.3) is 17.4 Å². The number of urea groups is 1. The van der Waals surface area contributed by atoms with Gasteiger partial charge in [0.05, 0.1) is 29.4 Å². The number of nitrogens with zero attached hydrogens (tertiary/aromatic N) is 2. The summed E-state index contributed by atoms with van der Waals surface area (Å²) in [5, 5.41) is 13.2. The second kappa shape index (κ2) is 8.42. The summed E-state index contributed by atoms with van der Waals surface area (Å²) in [6.45, 7) is 1.81. The number of furan rings is 1. The van der Waals surface area contributed by atoms with E-state index < -0.39 is 22.8 Å². The highest BCUT2D eigenvalue weighted by molar-refractivity contribution is 6.39.